The monoisotopic (exact) mass is 308 g/mol. The molecule has 0 aromatic heterocycles. The Morgan fingerprint density at radius 2 is 2.23 bits per heavy atom. The molecular weight excluding hydrogens is 276 g/mol. The van der Waals surface area contributed by atoms with Crippen LogP contribution in [0.4, 0.5) is 0 Å². The van der Waals surface area contributed by atoms with Crippen molar-refractivity contribution < 1.29 is 4.74 Å². The summed E-state index contributed by atoms with van der Waals surface area (Å²) in [7, 11) is 1.86. The Bertz CT molecular complexity index is 387. The summed E-state index contributed by atoms with van der Waals surface area (Å²) in [4.78, 5) is 6.96. The van der Waals surface area contributed by atoms with Crippen molar-refractivity contribution in [1.82, 2.24) is 15.5 Å². The summed E-state index contributed by atoms with van der Waals surface area (Å²) in [5, 5.41) is 7.01. The van der Waals surface area contributed by atoms with Gasteiger partial charge in [0.05, 0.1) is 18.2 Å². The smallest absolute Gasteiger partial charge is 0.191 e. The van der Waals surface area contributed by atoms with E-state index in [0.29, 0.717) is 18.2 Å². The minimum atomic E-state index is 0.401. The summed E-state index contributed by atoms with van der Waals surface area (Å²) in [6.45, 7) is 7.11. The lowest BCUT2D eigenvalue weighted by atomic mass is 9.96. The first-order valence-electron chi connectivity index (χ1n) is 9.09. The maximum atomic E-state index is 5.89. The van der Waals surface area contributed by atoms with Gasteiger partial charge in [-0.3, -0.25) is 4.99 Å². The van der Waals surface area contributed by atoms with Crippen LogP contribution in [0.25, 0.3) is 0 Å². The minimum Gasteiger partial charge on any atom is -0.373 e. The average Bonchev–Trinajstić information content (AvgIpc) is 3.13. The van der Waals surface area contributed by atoms with Gasteiger partial charge in [0, 0.05) is 20.1 Å². The molecular formula is C17H32N4O. The fraction of sp³-hybridized carbons (Fsp3) is 0.941. The molecule has 5 heteroatoms. The van der Waals surface area contributed by atoms with E-state index in [1.807, 2.05) is 7.05 Å². The van der Waals surface area contributed by atoms with Crippen molar-refractivity contribution in [1.29, 1.82) is 0 Å². The second-order valence-corrected chi connectivity index (χ2v) is 7.26. The Morgan fingerprint density at radius 3 is 2.91 bits per heavy atom. The molecule has 3 aliphatic rings. The Labute approximate surface area is 134 Å². The topological polar surface area (TPSA) is 48.9 Å². The third-order valence-electron chi connectivity index (χ3n) is 5.34. The number of hydrogen-bond acceptors (Lipinski definition) is 3. The first kappa shape index (κ1) is 16.1. The summed E-state index contributed by atoms with van der Waals surface area (Å²) in [6, 6.07) is 0.452. The maximum Gasteiger partial charge on any atom is 0.191 e. The molecule has 2 N–H and O–H groups in total. The largest absolute Gasteiger partial charge is 0.373 e. The van der Waals surface area contributed by atoms with Crippen molar-refractivity contribution in [3.8, 4) is 0 Å². The zero-order chi connectivity index (χ0) is 15.4. The first-order chi connectivity index (χ1) is 10.7. The SMILES string of the molecule is CN=C(NCCCN1CCCC(C)C1)NC1CC2CCC1O2. The highest BCUT2D eigenvalue weighted by Gasteiger charge is 2.41. The molecule has 0 saturated carbocycles. The average molecular weight is 308 g/mol. The molecule has 3 fully saturated rings. The number of guanidine groups is 1. The van der Waals surface area contributed by atoms with Gasteiger partial charge in [-0.2, -0.15) is 0 Å². The zero-order valence-corrected chi connectivity index (χ0v) is 14.2. The molecule has 0 radical (unpaired) electrons. The van der Waals surface area contributed by atoms with E-state index in [2.05, 4.69) is 27.4 Å². The van der Waals surface area contributed by atoms with Crippen LogP contribution in [-0.2, 0) is 4.74 Å². The van der Waals surface area contributed by atoms with Crippen molar-refractivity contribution in [2.45, 2.75) is 63.7 Å². The molecule has 4 unspecified atom stereocenters. The second-order valence-electron chi connectivity index (χ2n) is 7.26. The molecule has 3 aliphatic heterocycles. The van der Waals surface area contributed by atoms with Gasteiger partial charge in [0.25, 0.3) is 0 Å². The highest BCUT2D eigenvalue weighted by molar-refractivity contribution is 5.80. The van der Waals surface area contributed by atoms with Gasteiger partial charge < -0.3 is 20.3 Å². The van der Waals surface area contributed by atoms with Gasteiger partial charge in [0.2, 0.25) is 0 Å². The number of ether oxygens (including phenoxy) is 1. The van der Waals surface area contributed by atoms with Crippen LogP contribution in [0.15, 0.2) is 4.99 Å². The molecule has 0 aromatic carbocycles. The van der Waals surface area contributed by atoms with Crippen LogP contribution in [0.3, 0.4) is 0 Å². The van der Waals surface area contributed by atoms with Crippen LogP contribution in [-0.4, -0.2) is 62.3 Å². The van der Waals surface area contributed by atoms with Crippen molar-refractivity contribution in [2.75, 3.05) is 33.2 Å². The number of nitrogens with one attached hydrogen (secondary N) is 2. The number of hydrogen-bond donors (Lipinski definition) is 2. The van der Waals surface area contributed by atoms with Crippen LogP contribution in [0, 0.1) is 5.92 Å². The molecule has 3 heterocycles. The van der Waals surface area contributed by atoms with Crippen LogP contribution < -0.4 is 10.6 Å². The Kier molecular flexibility index (Phi) is 5.58. The summed E-state index contributed by atoms with van der Waals surface area (Å²) in [5.74, 6) is 1.81. The molecule has 0 spiro atoms. The van der Waals surface area contributed by atoms with Crippen molar-refractivity contribution >= 4 is 5.96 Å². The van der Waals surface area contributed by atoms with E-state index in [4.69, 9.17) is 4.74 Å². The van der Waals surface area contributed by atoms with Gasteiger partial charge in [-0.05, 0) is 57.5 Å². The third kappa shape index (κ3) is 4.13. The van der Waals surface area contributed by atoms with E-state index >= 15 is 0 Å². The van der Waals surface area contributed by atoms with Crippen LogP contribution in [0.1, 0.15) is 45.4 Å². The molecule has 4 atom stereocenters. The highest BCUT2D eigenvalue weighted by Crippen LogP contribution is 2.34. The minimum absolute atomic E-state index is 0.401. The predicted octanol–water partition coefficient (Wildman–Crippen LogP) is 1.59. The normalized spacial score (nSPS) is 35.8. The van der Waals surface area contributed by atoms with Crippen LogP contribution in [0.2, 0.25) is 0 Å². The number of fused-ring (bicyclic) bond motifs is 2. The molecule has 3 rings (SSSR count). The zero-order valence-electron chi connectivity index (χ0n) is 14.2. The number of nitrogens with zero attached hydrogens (tertiary/aromatic N) is 2. The second kappa shape index (κ2) is 7.64. The van der Waals surface area contributed by atoms with Crippen molar-refractivity contribution in [2.24, 2.45) is 10.9 Å². The summed E-state index contributed by atoms with van der Waals surface area (Å²) >= 11 is 0. The summed E-state index contributed by atoms with van der Waals surface area (Å²) < 4.78 is 5.89. The quantitative estimate of drug-likeness (QED) is 0.460. The van der Waals surface area contributed by atoms with Crippen LogP contribution >= 0.6 is 0 Å². The van der Waals surface area contributed by atoms with E-state index in [-0.39, 0.29) is 0 Å². The van der Waals surface area contributed by atoms with E-state index in [1.165, 1.54) is 51.7 Å². The van der Waals surface area contributed by atoms with Gasteiger partial charge in [-0.25, -0.2) is 0 Å². The van der Waals surface area contributed by atoms with Crippen LogP contribution in [0.5, 0.6) is 0 Å². The van der Waals surface area contributed by atoms with E-state index in [0.717, 1.165) is 24.8 Å². The number of likely N-dealkylation sites (tertiary alicyclic amines) is 1. The molecule has 22 heavy (non-hydrogen) atoms. The molecule has 0 amide bonds. The number of piperidine rings is 1. The predicted molar refractivity (Wildman–Crippen MR) is 90.3 cm³/mol. The molecule has 0 aromatic rings. The molecule has 3 saturated heterocycles. The molecule has 5 nitrogen and oxygen atoms in total. The third-order valence-corrected chi connectivity index (χ3v) is 5.34. The maximum absolute atomic E-state index is 5.89. The molecule has 2 bridgehead atoms. The van der Waals surface area contributed by atoms with Gasteiger partial charge in [0.1, 0.15) is 0 Å². The van der Waals surface area contributed by atoms with E-state index < -0.39 is 0 Å². The fourth-order valence-corrected chi connectivity index (χ4v) is 4.16. The standard InChI is InChI=1S/C17H32N4O/c1-13-5-3-9-21(12-13)10-4-8-19-17(18-2)20-15-11-14-6-7-16(15)22-14/h13-16H,3-12H2,1-2H3,(H2,18,19,20). The summed E-state index contributed by atoms with van der Waals surface area (Å²) in [5.41, 5.74) is 0. The summed E-state index contributed by atoms with van der Waals surface area (Å²) in [6.07, 6.45) is 8.41. The highest BCUT2D eigenvalue weighted by atomic mass is 16.5. The van der Waals surface area contributed by atoms with Gasteiger partial charge >= 0.3 is 0 Å². The number of aliphatic imine (C=N–C) groups is 1. The first-order valence-corrected chi connectivity index (χ1v) is 9.09. The molecule has 0 aliphatic carbocycles. The number of rotatable bonds is 5. The lowest BCUT2D eigenvalue weighted by molar-refractivity contribution is 0.0992. The van der Waals surface area contributed by atoms with E-state index in [1.54, 1.807) is 0 Å². The van der Waals surface area contributed by atoms with E-state index in [9.17, 15) is 0 Å². The van der Waals surface area contributed by atoms with Gasteiger partial charge in [-0.15, -0.1) is 0 Å². The fourth-order valence-electron chi connectivity index (χ4n) is 4.16. The van der Waals surface area contributed by atoms with Crippen molar-refractivity contribution in [3.05, 3.63) is 0 Å². The Morgan fingerprint density at radius 1 is 1.32 bits per heavy atom. The van der Waals surface area contributed by atoms with Gasteiger partial charge in [-0.1, -0.05) is 6.92 Å². The van der Waals surface area contributed by atoms with Crippen molar-refractivity contribution in [3.63, 3.8) is 0 Å². The molecule has 126 valence electrons. The lowest BCUT2D eigenvalue weighted by Gasteiger charge is -2.30. The lowest BCUT2D eigenvalue weighted by Crippen LogP contribution is -2.48. The Hall–Kier alpha value is -0.810. The van der Waals surface area contributed by atoms with Gasteiger partial charge in [0.15, 0.2) is 5.96 Å². The Balaban J connectivity index is 1.31.